The Hall–Kier alpha value is -0.610. The summed E-state index contributed by atoms with van der Waals surface area (Å²) in [4.78, 5) is 14.0. The maximum absolute atomic E-state index is 12.0. The molecule has 94 valence electrons. The third kappa shape index (κ3) is 3.76. The van der Waals surface area contributed by atoms with Crippen molar-refractivity contribution < 1.29 is 9.53 Å². The standard InChI is InChI=1S/C12H24N2O2/c1-10-11(15)14(6-5-7-16-4)9-12(2,3)8-13-10/h10,13H,5-9H2,1-4H3. The van der Waals surface area contributed by atoms with Crippen molar-refractivity contribution in [1.82, 2.24) is 10.2 Å². The van der Waals surface area contributed by atoms with Gasteiger partial charge in [0.2, 0.25) is 5.91 Å². The van der Waals surface area contributed by atoms with Gasteiger partial charge in [0.05, 0.1) is 6.04 Å². The number of rotatable bonds is 4. The minimum absolute atomic E-state index is 0.0654. The van der Waals surface area contributed by atoms with Gasteiger partial charge in [-0.15, -0.1) is 0 Å². The van der Waals surface area contributed by atoms with Crippen molar-refractivity contribution in [3.05, 3.63) is 0 Å². The summed E-state index contributed by atoms with van der Waals surface area (Å²) in [6.07, 6.45) is 0.908. The minimum Gasteiger partial charge on any atom is -0.385 e. The molecule has 1 amide bonds. The molecule has 1 unspecified atom stereocenters. The number of hydrogen-bond acceptors (Lipinski definition) is 3. The molecular weight excluding hydrogens is 204 g/mol. The summed E-state index contributed by atoms with van der Waals surface area (Å²) in [5.41, 5.74) is 0.146. The molecule has 0 bridgehead atoms. The van der Waals surface area contributed by atoms with Gasteiger partial charge in [-0.1, -0.05) is 13.8 Å². The van der Waals surface area contributed by atoms with Gasteiger partial charge in [-0.05, 0) is 18.8 Å². The smallest absolute Gasteiger partial charge is 0.239 e. The van der Waals surface area contributed by atoms with Gasteiger partial charge in [-0.2, -0.15) is 0 Å². The Morgan fingerprint density at radius 2 is 2.25 bits per heavy atom. The van der Waals surface area contributed by atoms with Gasteiger partial charge < -0.3 is 15.0 Å². The molecule has 1 aliphatic rings. The Labute approximate surface area is 98.3 Å². The summed E-state index contributed by atoms with van der Waals surface area (Å²) in [7, 11) is 1.69. The molecule has 1 saturated heterocycles. The predicted molar refractivity (Wildman–Crippen MR) is 64.3 cm³/mol. The normalized spacial score (nSPS) is 25.6. The Kier molecular flexibility index (Phi) is 4.74. The number of carbonyl (C=O) groups is 1. The molecule has 0 aromatic carbocycles. The lowest BCUT2D eigenvalue weighted by Crippen LogP contribution is -2.42. The van der Waals surface area contributed by atoms with Crippen LogP contribution in [0.4, 0.5) is 0 Å². The van der Waals surface area contributed by atoms with E-state index in [4.69, 9.17) is 4.74 Å². The zero-order chi connectivity index (χ0) is 12.2. The monoisotopic (exact) mass is 228 g/mol. The molecule has 1 fully saturated rings. The summed E-state index contributed by atoms with van der Waals surface area (Å²) in [5.74, 6) is 0.210. The van der Waals surface area contributed by atoms with Crippen molar-refractivity contribution in [2.75, 3.05) is 33.4 Å². The van der Waals surface area contributed by atoms with Crippen LogP contribution in [0, 0.1) is 5.41 Å². The lowest BCUT2D eigenvalue weighted by atomic mass is 9.93. The number of ether oxygens (including phenoxy) is 1. The molecule has 0 aliphatic carbocycles. The van der Waals surface area contributed by atoms with Crippen molar-refractivity contribution in [1.29, 1.82) is 0 Å². The SMILES string of the molecule is COCCCN1CC(C)(C)CNC(C)C1=O. The van der Waals surface area contributed by atoms with Crippen LogP contribution in [0.15, 0.2) is 0 Å². The highest BCUT2D eigenvalue weighted by Crippen LogP contribution is 2.19. The lowest BCUT2D eigenvalue weighted by Gasteiger charge is -2.29. The molecule has 1 N–H and O–H groups in total. The Balaban J connectivity index is 2.59. The predicted octanol–water partition coefficient (Wildman–Crippen LogP) is 0.869. The number of hydrogen-bond donors (Lipinski definition) is 1. The summed E-state index contributed by atoms with van der Waals surface area (Å²) < 4.78 is 5.02. The van der Waals surface area contributed by atoms with Gasteiger partial charge in [0, 0.05) is 33.4 Å². The summed E-state index contributed by atoms with van der Waals surface area (Å²) in [5, 5.41) is 3.28. The van der Waals surface area contributed by atoms with Crippen LogP contribution < -0.4 is 5.32 Å². The van der Waals surface area contributed by atoms with Gasteiger partial charge >= 0.3 is 0 Å². The molecular formula is C12H24N2O2. The first-order chi connectivity index (χ1) is 7.46. The molecule has 1 aliphatic heterocycles. The molecule has 1 atom stereocenters. The van der Waals surface area contributed by atoms with Crippen LogP contribution in [0.1, 0.15) is 27.2 Å². The quantitative estimate of drug-likeness (QED) is 0.726. The van der Waals surface area contributed by atoms with Crippen LogP contribution in [0.25, 0.3) is 0 Å². The van der Waals surface area contributed by atoms with Gasteiger partial charge in [0.15, 0.2) is 0 Å². The second-order valence-corrected chi connectivity index (χ2v) is 5.37. The Morgan fingerprint density at radius 3 is 2.88 bits per heavy atom. The third-order valence-corrected chi connectivity index (χ3v) is 2.96. The molecule has 0 saturated carbocycles. The van der Waals surface area contributed by atoms with E-state index in [2.05, 4.69) is 19.2 Å². The summed E-state index contributed by atoms with van der Waals surface area (Å²) in [6.45, 7) is 9.54. The van der Waals surface area contributed by atoms with Crippen LogP contribution in [0.3, 0.4) is 0 Å². The first-order valence-corrected chi connectivity index (χ1v) is 5.97. The van der Waals surface area contributed by atoms with Crippen molar-refractivity contribution in [2.45, 2.75) is 33.2 Å². The number of nitrogens with zero attached hydrogens (tertiary/aromatic N) is 1. The van der Waals surface area contributed by atoms with Crippen LogP contribution in [-0.4, -0.2) is 50.2 Å². The van der Waals surface area contributed by atoms with Crippen LogP contribution in [-0.2, 0) is 9.53 Å². The van der Waals surface area contributed by atoms with Gasteiger partial charge in [-0.3, -0.25) is 4.79 Å². The fourth-order valence-corrected chi connectivity index (χ4v) is 2.03. The van der Waals surface area contributed by atoms with E-state index >= 15 is 0 Å². The fourth-order valence-electron chi connectivity index (χ4n) is 2.03. The van der Waals surface area contributed by atoms with Crippen molar-refractivity contribution in [2.24, 2.45) is 5.41 Å². The van der Waals surface area contributed by atoms with E-state index < -0.39 is 0 Å². The van der Waals surface area contributed by atoms with E-state index in [-0.39, 0.29) is 17.4 Å². The second kappa shape index (κ2) is 5.64. The highest BCUT2D eigenvalue weighted by atomic mass is 16.5. The lowest BCUT2D eigenvalue weighted by molar-refractivity contribution is -0.133. The molecule has 1 rings (SSSR count). The second-order valence-electron chi connectivity index (χ2n) is 5.37. The van der Waals surface area contributed by atoms with Crippen molar-refractivity contribution >= 4 is 5.91 Å². The molecule has 4 nitrogen and oxygen atoms in total. The first kappa shape index (κ1) is 13.5. The van der Waals surface area contributed by atoms with Crippen molar-refractivity contribution in [3.63, 3.8) is 0 Å². The Bertz CT molecular complexity index is 241. The van der Waals surface area contributed by atoms with E-state index in [1.165, 1.54) is 0 Å². The maximum Gasteiger partial charge on any atom is 0.239 e. The molecule has 16 heavy (non-hydrogen) atoms. The number of methoxy groups -OCH3 is 1. The molecule has 4 heteroatoms. The molecule has 0 radical (unpaired) electrons. The first-order valence-electron chi connectivity index (χ1n) is 5.97. The third-order valence-electron chi connectivity index (χ3n) is 2.96. The van der Waals surface area contributed by atoms with E-state index in [9.17, 15) is 4.79 Å². The molecule has 1 heterocycles. The summed E-state index contributed by atoms with van der Waals surface area (Å²) in [6, 6.07) is -0.0654. The highest BCUT2D eigenvalue weighted by molar-refractivity contribution is 5.81. The highest BCUT2D eigenvalue weighted by Gasteiger charge is 2.31. The number of amides is 1. The Morgan fingerprint density at radius 1 is 1.56 bits per heavy atom. The molecule has 0 spiro atoms. The number of nitrogens with one attached hydrogen (secondary N) is 1. The van der Waals surface area contributed by atoms with Crippen LogP contribution in [0.2, 0.25) is 0 Å². The largest absolute Gasteiger partial charge is 0.385 e. The van der Waals surface area contributed by atoms with Crippen LogP contribution in [0.5, 0.6) is 0 Å². The summed E-state index contributed by atoms with van der Waals surface area (Å²) >= 11 is 0. The zero-order valence-electron chi connectivity index (χ0n) is 10.9. The van der Waals surface area contributed by atoms with E-state index in [1.807, 2.05) is 11.8 Å². The fraction of sp³-hybridized carbons (Fsp3) is 0.917. The number of carbonyl (C=O) groups excluding carboxylic acids is 1. The van der Waals surface area contributed by atoms with Crippen molar-refractivity contribution in [3.8, 4) is 0 Å². The topological polar surface area (TPSA) is 41.6 Å². The maximum atomic E-state index is 12.0. The van der Waals surface area contributed by atoms with Crippen LogP contribution >= 0.6 is 0 Å². The van der Waals surface area contributed by atoms with E-state index in [1.54, 1.807) is 7.11 Å². The zero-order valence-corrected chi connectivity index (χ0v) is 10.9. The van der Waals surface area contributed by atoms with Gasteiger partial charge in [0.1, 0.15) is 0 Å². The van der Waals surface area contributed by atoms with E-state index in [0.717, 1.165) is 26.1 Å². The average Bonchev–Trinajstić information content (AvgIpc) is 2.31. The average molecular weight is 228 g/mol. The van der Waals surface area contributed by atoms with Gasteiger partial charge in [-0.25, -0.2) is 0 Å². The van der Waals surface area contributed by atoms with E-state index in [0.29, 0.717) is 6.61 Å². The molecule has 0 aromatic rings. The molecule has 0 aromatic heterocycles. The minimum atomic E-state index is -0.0654. The van der Waals surface area contributed by atoms with Gasteiger partial charge in [0.25, 0.3) is 0 Å².